The van der Waals surface area contributed by atoms with Crippen LogP contribution in [0.4, 0.5) is 5.69 Å². The molecule has 0 saturated heterocycles. The molecular weight excluding hydrogens is 416 g/mol. The third-order valence-electron chi connectivity index (χ3n) is 4.59. The van der Waals surface area contributed by atoms with E-state index in [2.05, 4.69) is 5.32 Å². The molecule has 3 aromatic rings. The van der Waals surface area contributed by atoms with Gasteiger partial charge in [-0.1, -0.05) is 48.0 Å². The van der Waals surface area contributed by atoms with Crippen molar-refractivity contribution in [3.8, 4) is 0 Å². The Morgan fingerprint density at radius 2 is 1.57 bits per heavy atom. The van der Waals surface area contributed by atoms with E-state index in [-0.39, 0.29) is 17.3 Å². The molecule has 1 amide bonds. The number of benzene rings is 3. The fraction of sp³-hybridized carbons (Fsp3) is 0.174. The average Bonchev–Trinajstić information content (AvgIpc) is 2.77. The second kappa shape index (κ2) is 9.82. The molecule has 0 bridgehead atoms. The standard InChI is InChI=1S/C23H24N2O3S2/c1-18-8-10-20(11-9-18)25(17-23(26)24-16-19-6-4-3-5-7-19)30(27,28)22-14-12-21(29-2)13-15-22/h3-15H,16-17H2,1-2H3,(H,24,26). The summed E-state index contributed by atoms with van der Waals surface area (Å²) in [6.45, 7) is 1.96. The summed E-state index contributed by atoms with van der Waals surface area (Å²) >= 11 is 1.54. The lowest BCUT2D eigenvalue weighted by Crippen LogP contribution is -2.40. The summed E-state index contributed by atoms with van der Waals surface area (Å²) < 4.78 is 27.9. The van der Waals surface area contributed by atoms with E-state index in [0.29, 0.717) is 12.2 Å². The minimum Gasteiger partial charge on any atom is -0.350 e. The first-order valence-electron chi connectivity index (χ1n) is 9.44. The SMILES string of the molecule is CSc1ccc(S(=O)(=O)N(CC(=O)NCc2ccccc2)c2ccc(C)cc2)cc1. The third-order valence-corrected chi connectivity index (χ3v) is 7.12. The zero-order valence-electron chi connectivity index (χ0n) is 16.9. The zero-order valence-corrected chi connectivity index (χ0v) is 18.5. The molecule has 3 aromatic carbocycles. The number of nitrogens with zero attached hydrogens (tertiary/aromatic N) is 1. The summed E-state index contributed by atoms with van der Waals surface area (Å²) in [6.07, 6.45) is 1.93. The highest BCUT2D eigenvalue weighted by Gasteiger charge is 2.27. The van der Waals surface area contributed by atoms with Crippen LogP contribution in [-0.2, 0) is 21.4 Å². The van der Waals surface area contributed by atoms with Crippen LogP contribution < -0.4 is 9.62 Å². The van der Waals surface area contributed by atoms with Crippen molar-refractivity contribution in [2.24, 2.45) is 0 Å². The third kappa shape index (κ3) is 5.43. The van der Waals surface area contributed by atoms with Gasteiger partial charge in [-0.15, -0.1) is 11.8 Å². The van der Waals surface area contributed by atoms with E-state index in [1.165, 1.54) is 11.8 Å². The van der Waals surface area contributed by atoms with Gasteiger partial charge in [-0.2, -0.15) is 0 Å². The molecular formula is C23H24N2O3S2. The monoisotopic (exact) mass is 440 g/mol. The Bertz CT molecular complexity index is 1080. The number of carbonyl (C=O) groups excluding carboxylic acids is 1. The van der Waals surface area contributed by atoms with E-state index in [1.807, 2.05) is 55.6 Å². The molecule has 0 aliphatic rings. The summed E-state index contributed by atoms with van der Waals surface area (Å²) in [5, 5.41) is 2.80. The van der Waals surface area contributed by atoms with Crippen LogP contribution in [0, 0.1) is 6.92 Å². The van der Waals surface area contributed by atoms with Gasteiger partial charge in [0.25, 0.3) is 10.0 Å². The smallest absolute Gasteiger partial charge is 0.264 e. The van der Waals surface area contributed by atoms with Crippen LogP contribution in [0.5, 0.6) is 0 Å². The molecule has 7 heteroatoms. The summed E-state index contributed by atoms with van der Waals surface area (Å²) in [7, 11) is -3.91. The van der Waals surface area contributed by atoms with Crippen LogP contribution >= 0.6 is 11.8 Å². The van der Waals surface area contributed by atoms with Crippen LogP contribution in [0.25, 0.3) is 0 Å². The van der Waals surface area contributed by atoms with E-state index in [0.717, 1.165) is 20.3 Å². The fourth-order valence-corrected chi connectivity index (χ4v) is 4.71. The second-order valence-electron chi connectivity index (χ2n) is 6.79. The van der Waals surface area contributed by atoms with Crippen LogP contribution in [0.3, 0.4) is 0 Å². The summed E-state index contributed by atoms with van der Waals surface area (Å²) in [4.78, 5) is 13.7. The van der Waals surface area contributed by atoms with Crippen molar-refractivity contribution < 1.29 is 13.2 Å². The number of amides is 1. The highest BCUT2D eigenvalue weighted by Crippen LogP contribution is 2.25. The summed E-state index contributed by atoms with van der Waals surface area (Å²) in [6, 6.07) is 23.3. The normalized spacial score (nSPS) is 11.1. The van der Waals surface area contributed by atoms with Crippen LogP contribution in [0.15, 0.2) is 88.7 Å². The lowest BCUT2D eigenvalue weighted by atomic mass is 10.2. The topological polar surface area (TPSA) is 66.5 Å². The minimum atomic E-state index is -3.91. The molecule has 5 nitrogen and oxygen atoms in total. The molecule has 0 saturated carbocycles. The van der Waals surface area contributed by atoms with Crippen molar-refractivity contribution >= 4 is 33.4 Å². The van der Waals surface area contributed by atoms with Crippen LogP contribution in [-0.4, -0.2) is 27.1 Å². The van der Waals surface area contributed by atoms with Crippen molar-refractivity contribution in [1.82, 2.24) is 5.32 Å². The Morgan fingerprint density at radius 1 is 0.933 bits per heavy atom. The Balaban J connectivity index is 1.86. The molecule has 0 aliphatic heterocycles. The molecule has 30 heavy (non-hydrogen) atoms. The van der Waals surface area contributed by atoms with E-state index in [1.54, 1.807) is 36.4 Å². The van der Waals surface area contributed by atoms with Gasteiger partial charge in [0.05, 0.1) is 10.6 Å². The molecule has 1 N–H and O–H groups in total. The number of aryl methyl sites for hydroxylation is 1. The minimum absolute atomic E-state index is 0.150. The van der Waals surface area contributed by atoms with E-state index in [4.69, 9.17) is 0 Å². The number of rotatable bonds is 8. The Labute approximate surface area is 182 Å². The first-order chi connectivity index (χ1) is 14.4. The Morgan fingerprint density at radius 3 is 2.17 bits per heavy atom. The quantitative estimate of drug-likeness (QED) is 0.533. The van der Waals surface area contributed by atoms with Crippen molar-refractivity contribution in [3.05, 3.63) is 90.0 Å². The predicted molar refractivity (Wildman–Crippen MR) is 122 cm³/mol. The van der Waals surface area contributed by atoms with Gasteiger partial charge in [0.1, 0.15) is 6.54 Å². The van der Waals surface area contributed by atoms with Gasteiger partial charge < -0.3 is 5.32 Å². The molecule has 0 aliphatic carbocycles. The Kier molecular flexibility index (Phi) is 7.18. The van der Waals surface area contributed by atoms with Gasteiger partial charge in [0.2, 0.25) is 5.91 Å². The largest absolute Gasteiger partial charge is 0.350 e. The molecule has 0 atom stereocenters. The van der Waals surface area contributed by atoms with Gasteiger partial charge in [-0.05, 0) is 55.1 Å². The number of hydrogen-bond acceptors (Lipinski definition) is 4. The second-order valence-corrected chi connectivity index (χ2v) is 9.53. The van der Waals surface area contributed by atoms with Crippen LogP contribution in [0.2, 0.25) is 0 Å². The molecule has 156 valence electrons. The number of carbonyl (C=O) groups is 1. The lowest BCUT2D eigenvalue weighted by Gasteiger charge is -2.24. The molecule has 0 aromatic heterocycles. The number of nitrogens with one attached hydrogen (secondary N) is 1. The first kappa shape index (κ1) is 21.9. The fourth-order valence-electron chi connectivity index (χ4n) is 2.88. The lowest BCUT2D eigenvalue weighted by molar-refractivity contribution is -0.119. The van der Waals surface area contributed by atoms with Crippen molar-refractivity contribution in [2.75, 3.05) is 17.1 Å². The van der Waals surface area contributed by atoms with Crippen LogP contribution in [0.1, 0.15) is 11.1 Å². The summed E-state index contributed by atoms with van der Waals surface area (Å²) in [5.41, 5.74) is 2.40. The molecule has 0 radical (unpaired) electrons. The maximum absolute atomic E-state index is 13.4. The maximum Gasteiger partial charge on any atom is 0.264 e. The van der Waals surface area contributed by atoms with Gasteiger partial charge in [-0.3, -0.25) is 9.10 Å². The van der Waals surface area contributed by atoms with Crippen molar-refractivity contribution in [1.29, 1.82) is 0 Å². The highest BCUT2D eigenvalue weighted by molar-refractivity contribution is 7.98. The number of sulfonamides is 1. The highest BCUT2D eigenvalue weighted by atomic mass is 32.2. The number of hydrogen-bond donors (Lipinski definition) is 1. The van der Waals surface area contributed by atoms with E-state index in [9.17, 15) is 13.2 Å². The predicted octanol–water partition coefficient (Wildman–Crippen LogP) is 4.23. The Hall–Kier alpha value is -2.77. The van der Waals surface area contributed by atoms with Crippen molar-refractivity contribution in [3.63, 3.8) is 0 Å². The van der Waals surface area contributed by atoms with Gasteiger partial charge in [0.15, 0.2) is 0 Å². The number of anilines is 1. The number of thioether (sulfide) groups is 1. The van der Waals surface area contributed by atoms with E-state index < -0.39 is 10.0 Å². The molecule has 0 heterocycles. The first-order valence-corrected chi connectivity index (χ1v) is 12.1. The van der Waals surface area contributed by atoms with Gasteiger partial charge in [-0.25, -0.2) is 8.42 Å². The molecule has 0 spiro atoms. The van der Waals surface area contributed by atoms with Gasteiger partial charge in [0, 0.05) is 11.4 Å². The van der Waals surface area contributed by atoms with Gasteiger partial charge >= 0.3 is 0 Å². The summed E-state index contributed by atoms with van der Waals surface area (Å²) in [5.74, 6) is -0.372. The molecule has 0 fully saturated rings. The molecule has 3 rings (SSSR count). The maximum atomic E-state index is 13.4. The van der Waals surface area contributed by atoms with E-state index >= 15 is 0 Å². The zero-order chi connectivity index (χ0) is 21.6. The average molecular weight is 441 g/mol. The van der Waals surface area contributed by atoms with Crippen molar-refractivity contribution in [2.45, 2.75) is 23.3 Å². The molecule has 0 unspecified atom stereocenters.